The van der Waals surface area contributed by atoms with Crippen molar-refractivity contribution in [2.75, 3.05) is 0 Å². The summed E-state index contributed by atoms with van der Waals surface area (Å²) in [5, 5.41) is 12.2. The average molecular weight is 669 g/mol. The molecule has 0 amide bonds. The standard InChI is InChI=1S/C20H20N.C12H14N2O.Ir/c1-13(2)17-6-5-16-7-8-21-20(19(16)12-17)18-10-14(3)9-15(4)11-18;1-9(2)14-8-7-13-12(14)10-5-3-4-6-11(10)15;/h5-10,12-13H,1-4H3;3-9,15H,1-2H3;/q-1;;. The number of aromatic nitrogens is 3. The van der Waals surface area contributed by atoms with E-state index in [1.807, 2.05) is 35.2 Å². The molecule has 5 aromatic rings. The Hall–Kier alpha value is -3.27. The third-order valence-corrected chi connectivity index (χ3v) is 6.23. The molecule has 0 saturated heterocycles. The number of fused-ring (bicyclic) bond motifs is 1. The maximum atomic E-state index is 9.74. The number of pyridine rings is 1. The van der Waals surface area contributed by atoms with Crippen molar-refractivity contribution in [3.63, 3.8) is 0 Å². The molecule has 37 heavy (non-hydrogen) atoms. The molecule has 0 saturated carbocycles. The Bertz CT molecular complexity index is 1470. The van der Waals surface area contributed by atoms with Crippen molar-refractivity contribution in [2.24, 2.45) is 0 Å². The van der Waals surface area contributed by atoms with Gasteiger partial charge in [-0.2, -0.15) is 0 Å². The zero-order valence-electron chi connectivity index (χ0n) is 22.3. The van der Waals surface area contributed by atoms with E-state index in [1.54, 1.807) is 12.3 Å². The predicted molar refractivity (Wildman–Crippen MR) is 149 cm³/mol. The van der Waals surface area contributed by atoms with Gasteiger partial charge < -0.3 is 14.7 Å². The van der Waals surface area contributed by atoms with E-state index in [1.165, 1.54) is 21.9 Å². The molecular formula is C32H34IrN3O-. The fourth-order valence-corrected chi connectivity index (χ4v) is 4.38. The number of aromatic hydroxyl groups is 1. The molecule has 5 heteroatoms. The van der Waals surface area contributed by atoms with Crippen LogP contribution in [-0.2, 0) is 20.1 Å². The van der Waals surface area contributed by atoms with Crippen LogP contribution in [0.25, 0.3) is 33.4 Å². The second kappa shape index (κ2) is 12.3. The number of nitrogens with zero attached hydrogens (tertiary/aromatic N) is 3. The zero-order valence-corrected chi connectivity index (χ0v) is 24.7. The van der Waals surface area contributed by atoms with Crippen molar-refractivity contribution >= 4 is 10.8 Å². The van der Waals surface area contributed by atoms with Crippen LogP contribution in [0, 0.1) is 19.9 Å². The van der Waals surface area contributed by atoms with Crippen LogP contribution in [0.1, 0.15) is 56.3 Å². The van der Waals surface area contributed by atoms with Gasteiger partial charge in [0.25, 0.3) is 0 Å². The van der Waals surface area contributed by atoms with Crippen molar-refractivity contribution in [1.29, 1.82) is 0 Å². The van der Waals surface area contributed by atoms with E-state index < -0.39 is 0 Å². The maximum absolute atomic E-state index is 9.74. The van der Waals surface area contributed by atoms with Crippen LogP contribution < -0.4 is 0 Å². The number of para-hydroxylation sites is 1. The molecule has 0 atom stereocenters. The van der Waals surface area contributed by atoms with Gasteiger partial charge in [-0.3, -0.25) is 0 Å². The summed E-state index contributed by atoms with van der Waals surface area (Å²) in [6, 6.07) is 24.1. The van der Waals surface area contributed by atoms with Crippen LogP contribution >= 0.6 is 0 Å². The first kappa shape index (κ1) is 28.3. The van der Waals surface area contributed by atoms with Crippen LogP contribution in [0.4, 0.5) is 0 Å². The Kier molecular flexibility index (Phi) is 9.42. The SMILES string of the molecule is CC(C)n1ccnc1-c1ccccc1O.Cc1[c-]c(-c2nccc3ccc(C(C)C)cc23)cc(C)c1.[Ir]. The number of hydrogen-bond donors (Lipinski definition) is 1. The number of hydrogen-bond acceptors (Lipinski definition) is 3. The van der Waals surface area contributed by atoms with Gasteiger partial charge in [0, 0.05) is 44.7 Å². The van der Waals surface area contributed by atoms with E-state index in [4.69, 9.17) is 0 Å². The fraction of sp³-hybridized carbons (Fsp3) is 0.250. The molecule has 1 radical (unpaired) electrons. The summed E-state index contributed by atoms with van der Waals surface area (Å²) >= 11 is 0. The summed E-state index contributed by atoms with van der Waals surface area (Å²) < 4.78 is 2.04. The molecular weight excluding hydrogens is 635 g/mol. The number of imidazole rings is 1. The number of phenols is 1. The van der Waals surface area contributed by atoms with E-state index >= 15 is 0 Å². The average Bonchev–Trinajstić information content (AvgIpc) is 3.33. The van der Waals surface area contributed by atoms with Gasteiger partial charge in [-0.25, -0.2) is 4.98 Å². The Morgan fingerprint density at radius 3 is 2.30 bits per heavy atom. The molecule has 193 valence electrons. The first-order chi connectivity index (χ1) is 17.2. The van der Waals surface area contributed by atoms with Crippen LogP contribution in [-0.4, -0.2) is 19.6 Å². The topological polar surface area (TPSA) is 50.9 Å². The Balaban J connectivity index is 0.000000211. The summed E-state index contributed by atoms with van der Waals surface area (Å²) in [5.41, 5.74) is 6.64. The Morgan fingerprint density at radius 1 is 0.865 bits per heavy atom. The number of aryl methyl sites for hydroxylation is 2. The van der Waals surface area contributed by atoms with Gasteiger partial charge in [-0.1, -0.05) is 58.0 Å². The molecule has 1 N–H and O–H groups in total. The quantitative estimate of drug-likeness (QED) is 0.196. The molecule has 0 aliphatic rings. The maximum Gasteiger partial charge on any atom is 0.143 e. The molecule has 2 heterocycles. The molecule has 2 aromatic heterocycles. The molecule has 0 fully saturated rings. The molecule has 0 aliphatic carbocycles. The molecule has 0 aliphatic heterocycles. The zero-order chi connectivity index (χ0) is 25.8. The minimum absolute atomic E-state index is 0. The van der Waals surface area contributed by atoms with Crippen molar-refractivity contribution < 1.29 is 25.2 Å². The molecule has 4 nitrogen and oxygen atoms in total. The van der Waals surface area contributed by atoms with Gasteiger partial charge in [0.1, 0.15) is 11.6 Å². The number of rotatable bonds is 4. The van der Waals surface area contributed by atoms with Crippen molar-refractivity contribution in [3.05, 3.63) is 102 Å². The molecule has 0 unspecified atom stereocenters. The van der Waals surface area contributed by atoms with E-state index in [-0.39, 0.29) is 25.9 Å². The normalized spacial score (nSPS) is 10.8. The molecule has 3 aromatic carbocycles. The van der Waals surface area contributed by atoms with E-state index in [9.17, 15) is 5.11 Å². The summed E-state index contributed by atoms with van der Waals surface area (Å²) in [5.74, 6) is 1.60. The molecule has 0 bridgehead atoms. The molecule has 0 spiro atoms. The van der Waals surface area contributed by atoms with Gasteiger partial charge >= 0.3 is 0 Å². The molecule has 5 rings (SSSR count). The largest absolute Gasteiger partial charge is 0.507 e. The van der Waals surface area contributed by atoms with Gasteiger partial charge in [0.15, 0.2) is 0 Å². The van der Waals surface area contributed by atoms with Crippen LogP contribution in [0.15, 0.2) is 79.3 Å². The number of benzene rings is 3. The van der Waals surface area contributed by atoms with E-state index in [0.29, 0.717) is 12.0 Å². The summed E-state index contributed by atoms with van der Waals surface area (Å²) in [6.45, 7) is 12.8. The third-order valence-electron chi connectivity index (χ3n) is 6.23. The smallest absolute Gasteiger partial charge is 0.143 e. The van der Waals surface area contributed by atoms with Crippen molar-refractivity contribution in [2.45, 2.75) is 53.5 Å². The summed E-state index contributed by atoms with van der Waals surface area (Å²) in [4.78, 5) is 8.90. The van der Waals surface area contributed by atoms with Gasteiger partial charge in [-0.15, -0.1) is 34.9 Å². The van der Waals surface area contributed by atoms with E-state index in [0.717, 1.165) is 28.2 Å². The predicted octanol–water partition coefficient (Wildman–Crippen LogP) is 8.28. The fourth-order valence-electron chi connectivity index (χ4n) is 4.38. The second-order valence-electron chi connectivity index (χ2n) is 9.82. The van der Waals surface area contributed by atoms with Crippen LogP contribution in [0.5, 0.6) is 5.75 Å². The summed E-state index contributed by atoms with van der Waals surface area (Å²) in [6.07, 6.45) is 5.56. The van der Waals surface area contributed by atoms with Crippen molar-refractivity contribution in [3.8, 4) is 28.4 Å². The number of phenolic OH excluding ortho intramolecular Hbond substituents is 1. The monoisotopic (exact) mass is 669 g/mol. The van der Waals surface area contributed by atoms with E-state index in [2.05, 4.69) is 94.0 Å². The van der Waals surface area contributed by atoms with Gasteiger partial charge in [0.05, 0.1) is 5.56 Å². The van der Waals surface area contributed by atoms with Crippen molar-refractivity contribution in [1.82, 2.24) is 14.5 Å². The summed E-state index contributed by atoms with van der Waals surface area (Å²) in [7, 11) is 0. The third kappa shape index (κ3) is 6.54. The van der Waals surface area contributed by atoms with Gasteiger partial charge in [-0.05, 0) is 60.0 Å². The second-order valence-corrected chi connectivity index (χ2v) is 9.82. The van der Waals surface area contributed by atoms with Crippen LogP contribution in [0.2, 0.25) is 0 Å². The Labute approximate surface area is 233 Å². The van der Waals surface area contributed by atoms with Crippen LogP contribution in [0.3, 0.4) is 0 Å². The first-order valence-electron chi connectivity index (χ1n) is 12.5. The minimum atomic E-state index is 0. The minimum Gasteiger partial charge on any atom is -0.507 e. The van der Waals surface area contributed by atoms with Gasteiger partial charge in [0.2, 0.25) is 0 Å². The Morgan fingerprint density at radius 2 is 1.62 bits per heavy atom. The first-order valence-corrected chi connectivity index (χ1v) is 12.5.